The molecule has 0 aliphatic rings. The molecule has 0 radical (unpaired) electrons. The molecular formula is C11H15N3O2S. The molecule has 0 unspecified atom stereocenters. The minimum atomic E-state index is -0.579. The molecule has 0 saturated heterocycles. The lowest BCUT2D eigenvalue weighted by Crippen LogP contribution is -2.32. The van der Waals surface area contributed by atoms with Gasteiger partial charge in [0.25, 0.3) is 0 Å². The Bertz CT molecular complexity index is 421. The second kappa shape index (κ2) is 6.27. The minimum Gasteiger partial charge on any atom is -0.369 e. The number of hydrogen-bond acceptors (Lipinski definition) is 4. The molecule has 92 valence electrons. The van der Waals surface area contributed by atoms with Crippen molar-refractivity contribution in [2.45, 2.75) is 17.9 Å². The number of amides is 2. The number of carbonyl (C=O) groups excluding carboxylic acids is 2. The maximum absolute atomic E-state index is 11.5. The van der Waals surface area contributed by atoms with Crippen molar-refractivity contribution >= 4 is 29.3 Å². The van der Waals surface area contributed by atoms with Crippen LogP contribution in [0.1, 0.15) is 6.92 Å². The molecule has 5 nitrogen and oxygen atoms in total. The standard InChI is InChI=1S/C11H15N3O2S/c1-7(12)11(16)14-8-4-2-3-5-9(8)17-6-10(13)15/h2-5,7H,6,12H2,1H3,(H2,13,15)(H,14,16)/t7-/m0/s1. The van der Waals surface area contributed by atoms with Crippen LogP contribution in [0.3, 0.4) is 0 Å². The Kier molecular flexibility index (Phi) is 4.99. The molecule has 1 rings (SSSR count). The van der Waals surface area contributed by atoms with Gasteiger partial charge in [0, 0.05) is 4.90 Å². The molecule has 0 fully saturated rings. The van der Waals surface area contributed by atoms with Crippen molar-refractivity contribution in [1.82, 2.24) is 0 Å². The number of nitrogens with two attached hydrogens (primary N) is 2. The maximum Gasteiger partial charge on any atom is 0.241 e. The molecule has 1 atom stereocenters. The zero-order chi connectivity index (χ0) is 12.8. The van der Waals surface area contributed by atoms with E-state index in [4.69, 9.17) is 11.5 Å². The van der Waals surface area contributed by atoms with Gasteiger partial charge in [-0.1, -0.05) is 12.1 Å². The van der Waals surface area contributed by atoms with Crippen LogP contribution in [-0.2, 0) is 9.59 Å². The molecule has 17 heavy (non-hydrogen) atoms. The molecule has 2 amide bonds. The van der Waals surface area contributed by atoms with Crippen LogP contribution in [0.25, 0.3) is 0 Å². The summed E-state index contributed by atoms with van der Waals surface area (Å²) in [7, 11) is 0. The fraction of sp³-hybridized carbons (Fsp3) is 0.273. The summed E-state index contributed by atoms with van der Waals surface area (Å²) in [6, 6.07) is 6.61. The number of carbonyl (C=O) groups is 2. The van der Waals surface area contributed by atoms with E-state index in [1.165, 1.54) is 11.8 Å². The molecule has 5 N–H and O–H groups in total. The van der Waals surface area contributed by atoms with Gasteiger partial charge in [-0.05, 0) is 19.1 Å². The van der Waals surface area contributed by atoms with Crippen LogP contribution in [0.2, 0.25) is 0 Å². The van der Waals surface area contributed by atoms with Crippen LogP contribution < -0.4 is 16.8 Å². The Balaban J connectivity index is 2.77. The molecule has 0 saturated carbocycles. The third-order valence-electron chi connectivity index (χ3n) is 1.93. The zero-order valence-corrected chi connectivity index (χ0v) is 10.3. The van der Waals surface area contributed by atoms with Gasteiger partial charge in [-0.25, -0.2) is 0 Å². The predicted molar refractivity (Wildman–Crippen MR) is 68.6 cm³/mol. The van der Waals surface area contributed by atoms with Gasteiger partial charge in [0.15, 0.2) is 0 Å². The quantitative estimate of drug-likeness (QED) is 0.667. The summed E-state index contributed by atoms with van der Waals surface area (Å²) < 4.78 is 0. The molecule has 6 heteroatoms. The van der Waals surface area contributed by atoms with Crippen LogP contribution >= 0.6 is 11.8 Å². The van der Waals surface area contributed by atoms with Crippen molar-refractivity contribution in [1.29, 1.82) is 0 Å². The fourth-order valence-electron chi connectivity index (χ4n) is 1.09. The van der Waals surface area contributed by atoms with E-state index in [1.54, 1.807) is 19.1 Å². The lowest BCUT2D eigenvalue weighted by atomic mass is 10.3. The number of benzene rings is 1. The predicted octanol–water partition coefficient (Wildman–Crippen LogP) is 0.550. The van der Waals surface area contributed by atoms with Crippen molar-refractivity contribution in [2.75, 3.05) is 11.1 Å². The number of para-hydroxylation sites is 1. The Morgan fingerprint density at radius 2 is 2.06 bits per heavy atom. The first-order valence-electron chi connectivity index (χ1n) is 5.07. The van der Waals surface area contributed by atoms with Crippen LogP contribution in [0.5, 0.6) is 0 Å². The minimum absolute atomic E-state index is 0.172. The van der Waals surface area contributed by atoms with Crippen molar-refractivity contribution in [3.05, 3.63) is 24.3 Å². The van der Waals surface area contributed by atoms with E-state index in [-0.39, 0.29) is 11.7 Å². The van der Waals surface area contributed by atoms with Gasteiger partial charge in [-0.2, -0.15) is 0 Å². The first kappa shape index (κ1) is 13.5. The van der Waals surface area contributed by atoms with Crippen molar-refractivity contribution in [3.8, 4) is 0 Å². The van der Waals surface area contributed by atoms with Crippen LogP contribution in [0.4, 0.5) is 5.69 Å². The smallest absolute Gasteiger partial charge is 0.241 e. The number of nitrogens with one attached hydrogen (secondary N) is 1. The number of rotatable bonds is 5. The highest BCUT2D eigenvalue weighted by atomic mass is 32.2. The van der Waals surface area contributed by atoms with Gasteiger partial charge in [-0.15, -0.1) is 11.8 Å². The number of thioether (sulfide) groups is 1. The van der Waals surface area contributed by atoms with Crippen molar-refractivity contribution in [2.24, 2.45) is 11.5 Å². The van der Waals surface area contributed by atoms with E-state index in [0.717, 1.165) is 4.90 Å². The number of hydrogen-bond donors (Lipinski definition) is 3. The van der Waals surface area contributed by atoms with E-state index >= 15 is 0 Å². The molecule has 0 aromatic heterocycles. The van der Waals surface area contributed by atoms with E-state index in [1.807, 2.05) is 12.1 Å². The van der Waals surface area contributed by atoms with Gasteiger partial charge < -0.3 is 16.8 Å². The molecule has 0 bridgehead atoms. The summed E-state index contributed by atoms with van der Waals surface area (Å²) in [5.74, 6) is -0.495. The number of anilines is 1. The van der Waals surface area contributed by atoms with Gasteiger partial charge in [0.1, 0.15) is 0 Å². The highest BCUT2D eigenvalue weighted by molar-refractivity contribution is 8.00. The topological polar surface area (TPSA) is 98.2 Å². The molecule has 0 spiro atoms. The van der Waals surface area contributed by atoms with Gasteiger partial charge in [-0.3, -0.25) is 9.59 Å². The van der Waals surface area contributed by atoms with Crippen LogP contribution in [0.15, 0.2) is 29.2 Å². The Hall–Kier alpha value is -1.53. The molecule has 0 heterocycles. The fourth-order valence-corrected chi connectivity index (χ4v) is 1.84. The monoisotopic (exact) mass is 253 g/mol. The first-order valence-corrected chi connectivity index (χ1v) is 6.06. The van der Waals surface area contributed by atoms with E-state index in [9.17, 15) is 9.59 Å². The largest absolute Gasteiger partial charge is 0.369 e. The SMILES string of the molecule is C[C@H](N)C(=O)Nc1ccccc1SCC(N)=O. The van der Waals surface area contributed by atoms with Crippen LogP contribution in [-0.4, -0.2) is 23.6 Å². The second-order valence-electron chi connectivity index (χ2n) is 3.53. The average molecular weight is 253 g/mol. The zero-order valence-electron chi connectivity index (χ0n) is 9.47. The summed E-state index contributed by atoms with van der Waals surface area (Å²) in [6.45, 7) is 1.61. The summed E-state index contributed by atoms with van der Waals surface area (Å²) in [4.78, 5) is 23.0. The van der Waals surface area contributed by atoms with E-state index in [2.05, 4.69) is 5.32 Å². The highest BCUT2D eigenvalue weighted by Gasteiger charge is 2.10. The Labute approximate surface area is 104 Å². The molecule has 0 aliphatic carbocycles. The highest BCUT2D eigenvalue weighted by Crippen LogP contribution is 2.26. The summed E-state index contributed by atoms with van der Waals surface area (Å²) in [5, 5.41) is 2.70. The summed E-state index contributed by atoms with van der Waals surface area (Å²) >= 11 is 1.28. The molecular weight excluding hydrogens is 238 g/mol. The van der Waals surface area contributed by atoms with Crippen molar-refractivity contribution in [3.63, 3.8) is 0 Å². The average Bonchev–Trinajstić information content (AvgIpc) is 2.27. The third-order valence-corrected chi connectivity index (χ3v) is 3.02. The van der Waals surface area contributed by atoms with Crippen molar-refractivity contribution < 1.29 is 9.59 Å². The maximum atomic E-state index is 11.5. The lowest BCUT2D eigenvalue weighted by Gasteiger charge is -2.11. The van der Waals surface area contributed by atoms with Crippen LogP contribution in [0, 0.1) is 0 Å². The van der Waals surface area contributed by atoms with E-state index in [0.29, 0.717) is 5.69 Å². The van der Waals surface area contributed by atoms with Gasteiger partial charge >= 0.3 is 0 Å². The Morgan fingerprint density at radius 1 is 1.41 bits per heavy atom. The molecule has 1 aromatic carbocycles. The first-order chi connectivity index (χ1) is 8.00. The van der Waals surface area contributed by atoms with Gasteiger partial charge in [0.2, 0.25) is 11.8 Å². The van der Waals surface area contributed by atoms with E-state index < -0.39 is 11.9 Å². The normalized spacial score (nSPS) is 11.9. The summed E-state index contributed by atoms with van der Waals surface area (Å²) in [5.41, 5.74) is 11.2. The number of primary amides is 1. The lowest BCUT2D eigenvalue weighted by molar-refractivity contribution is -0.117. The van der Waals surface area contributed by atoms with Gasteiger partial charge in [0.05, 0.1) is 17.5 Å². The molecule has 1 aromatic rings. The second-order valence-corrected chi connectivity index (χ2v) is 4.55. The Morgan fingerprint density at radius 3 is 2.65 bits per heavy atom. The summed E-state index contributed by atoms with van der Waals surface area (Å²) in [6.07, 6.45) is 0. The third kappa shape index (κ3) is 4.46. The molecule has 0 aliphatic heterocycles.